The first-order chi connectivity index (χ1) is 7.40. The van der Waals surface area contributed by atoms with Gasteiger partial charge in [-0.25, -0.2) is 4.79 Å². The fourth-order valence-corrected chi connectivity index (χ4v) is 0.575. The first-order valence-corrected chi connectivity index (χ1v) is 5.23. The average Bonchev–Trinajstić information content (AvgIpc) is 2.22. The summed E-state index contributed by atoms with van der Waals surface area (Å²) in [6, 6.07) is 0. The minimum Gasteiger partial charge on any atom is -0.453 e. The minimum absolute atomic E-state index is 0.287. The lowest BCUT2D eigenvalue weighted by molar-refractivity contribution is -0.117. The van der Waals surface area contributed by atoms with Crippen LogP contribution in [0.3, 0.4) is 0 Å². The zero-order valence-corrected chi connectivity index (χ0v) is 11.5. The Kier molecular flexibility index (Phi) is 35.3. The van der Waals surface area contributed by atoms with Crippen LogP contribution in [0.25, 0.3) is 0 Å². The van der Waals surface area contributed by atoms with Crippen molar-refractivity contribution in [2.24, 2.45) is 11.7 Å². The number of ether oxygens (including phenoxy) is 1. The van der Waals surface area contributed by atoms with Crippen LogP contribution in [0, 0.1) is 5.92 Å². The van der Waals surface area contributed by atoms with Crippen LogP contribution >= 0.6 is 0 Å². The molecule has 0 aliphatic rings. The molecule has 2 N–H and O–H groups in total. The molecule has 0 saturated heterocycles. The van der Waals surface area contributed by atoms with Crippen molar-refractivity contribution in [3.63, 3.8) is 0 Å². The van der Waals surface area contributed by atoms with Gasteiger partial charge in [0.1, 0.15) is 5.78 Å². The third-order valence-electron chi connectivity index (χ3n) is 0.897. The van der Waals surface area contributed by atoms with Crippen molar-refractivity contribution in [1.29, 1.82) is 0 Å². The molecule has 0 aromatic carbocycles. The number of hydrogen-bond donors (Lipinski definition) is 1. The van der Waals surface area contributed by atoms with Crippen molar-refractivity contribution in [2.75, 3.05) is 7.11 Å². The van der Waals surface area contributed by atoms with E-state index < -0.39 is 6.09 Å². The SMILES string of the molecule is C=C.CC.CC(=O)CC(C)C.COC(N)=O. The monoisotopic (exact) mass is 233 g/mol. The molecular formula is C12H27NO3. The normalized spacial score (nSPS) is 6.94. The number of rotatable bonds is 2. The average molecular weight is 233 g/mol. The van der Waals surface area contributed by atoms with Crippen LogP contribution in [0.5, 0.6) is 0 Å². The van der Waals surface area contributed by atoms with E-state index in [2.05, 4.69) is 23.6 Å². The molecular weight excluding hydrogens is 206 g/mol. The molecule has 0 bridgehead atoms. The van der Waals surface area contributed by atoms with Gasteiger partial charge in [0.25, 0.3) is 0 Å². The number of carbonyl (C=O) groups is 2. The number of nitrogens with two attached hydrogens (primary N) is 1. The maximum atomic E-state index is 10.3. The Bertz CT molecular complexity index is 156. The molecule has 0 unspecified atom stereocenters. The van der Waals surface area contributed by atoms with E-state index >= 15 is 0 Å². The fourth-order valence-electron chi connectivity index (χ4n) is 0.575. The second kappa shape index (κ2) is 23.5. The summed E-state index contributed by atoms with van der Waals surface area (Å²) in [5.74, 6) is 0.813. The van der Waals surface area contributed by atoms with E-state index in [1.807, 2.05) is 27.7 Å². The van der Waals surface area contributed by atoms with Gasteiger partial charge in [0.05, 0.1) is 7.11 Å². The van der Waals surface area contributed by atoms with E-state index in [4.69, 9.17) is 0 Å². The van der Waals surface area contributed by atoms with Crippen molar-refractivity contribution < 1.29 is 14.3 Å². The Morgan fingerprint density at radius 3 is 1.50 bits per heavy atom. The number of hydrogen-bond acceptors (Lipinski definition) is 3. The van der Waals surface area contributed by atoms with E-state index in [1.165, 1.54) is 7.11 Å². The van der Waals surface area contributed by atoms with Gasteiger partial charge >= 0.3 is 6.09 Å². The number of carbonyl (C=O) groups excluding carboxylic acids is 2. The molecule has 1 amide bonds. The summed E-state index contributed by atoms with van der Waals surface area (Å²) in [6.45, 7) is 15.7. The highest BCUT2D eigenvalue weighted by Crippen LogP contribution is 1.97. The highest BCUT2D eigenvalue weighted by atomic mass is 16.5. The molecule has 0 aliphatic carbocycles. The van der Waals surface area contributed by atoms with Crippen LogP contribution in [0.2, 0.25) is 0 Å². The number of Topliss-reactive ketones (excluding diaryl/α,β-unsaturated/α-hetero) is 1. The van der Waals surface area contributed by atoms with Crippen molar-refractivity contribution in [2.45, 2.75) is 41.0 Å². The summed E-state index contributed by atoms with van der Waals surface area (Å²) in [7, 11) is 1.22. The highest BCUT2D eigenvalue weighted by Gasteiger charge is 1.95. The van der Waals surface area contributed by atoms with E-state index in [-0.39, 0.29) is 5.78 Å². The van der Waals surface area contributed by atoms with Gasteiger partial charge in [0.2, 0.25) is 0 Å². The van der Waals surface area contributed by atoms with Crippen LogP contribution < -0.4 is 5.73 Å². The first kappa shape index (κ1) is 24.1. The molecule has 0 atom stereocenters. The largest absolute Gasteiger partial charge is 0.453 e. The van der Waals surface area contributed by atoms with Gasteiger partial charge in [-0.3, -0.25) is 0 Å². The lowest BCUT2D eigenvalue weighted by Crippen LogP contribution is -2.08. The van der Waals surface area contributed by atoms with E-state index in [0.29, 0.717) is 5.92 Å². The predicted molar refractivity (Wildman–Crippen MR) is 69.3 cm³/mol. The van der Waals surface area contributed by atoms with Crippen LogP contribution in [0.4, 0.5) is 4.79 Å². The third kappa shape index (κ3) is 79.0. The maximum absolute atomic E-state index is 10.3. The Labute approximate surface area is 99.9 Å². The molecule has 0 radical (unpaired) electrons. The zero-order chi connectivity index (χ0) is 14.1. The molecule has 16 heavy (non-hydrogen) atoms. The standard InChI is InChI=1S/C6H12O.C2H5NO2.C2H6.C2H4/c1-5(2)4-6(3)7;1-5-2(3)4;2*1-2/h5H,4H2,1-3H3;1H3,(H2,3,4);1-2H3;1-2H2. The van der Waals surface area contributed by atoms with Crippen LogP contribution in [0.15, 0.2) is 13.2 Å². The van der Waals surface area contributed by atoms with Gasteiger partial charge in [-0.15, -0.1) is 13.2 Å². The van der Waals surface area contributed by atoms with Crippen LogP contribution in [-0.4, -0.2) is 19.0 Å². The zero-order valence-electron chi connectivity index (χ0n) is 11.5. The van der Waals surface area contributed by atoms with Gasteiger partial charge < -0.3 is 15.3 Å². The first-order valence-electron chi connectivity index (χ1n) is 5.23. The van der Waals surface area contributed by atoms with Gasteiger partial charge in [0.15, 0.2) is 0 Å². The molecule has 0 saturated carbocycles. The third-order valence-corrected chi connectivity index (χ3v) is 0.897. The highest BCUT2D eigenvalue weighted by molar-refractivity contribution is 5.75. The molecule has 0 aromatic heterocycles. The molecule has 0 aromatic rings. The predicted octanol–water partition coefficient (Wildman–Crippen LogP) is 3.16. The molecule has 4 heteroatoms. The minimum atomic E-state index is -0.745. The van der Waals surface area contributed by atoms with Gasteiger partial charge in [-0.2, -0.15) is 0 Å². The second-order valence-corrected chi connectivity index (χ2v) is 2.82. The summed E-state index contributed by atoms with van der Waals surface area (Å²) in [4.78, 5) is 19.6. The Hall–Kier alpha value is -1.32. The van der Waals surface area contributed by atoms with E-state index in [1.54, 1.807) is 6.92 Å². The van der Waals surface area contributed by atoms with Crippen molar-refractivity contribution in [1.82, 2.24) is 0 Å². The maximum Gasteiger partial charge on any atom is 0.404 e. The molecule has 0 aliphatic heterocycles. The summed E-state index contributed by atoms with van der Waals surface area (Å²) in [6.07, 6.45) is -0.0231. The molecule has 0 fully saturated rings. The topological polar surface area (TPSA) is 69.4 Å². The Balaban J connectivity index is -0.0000000704. The van der Waals surface area contributed by atoms with Gasteiger partial charge in [0, 0.05) is 6.42 Å². The molecule has 0 spiro atoms. The fraction of sp³-hybridized carbons (Fsp3) is 0.667. The molecule has 0 heterocycles. The van der Waals surface area contributed by atoms with E-state index in [0.717, 1.165) is 6.42 Å². The Morgan fingerprint density at radius 2 is 1.50 bits per heavy atom. The lowest BCUT2D eigenvalue weighted by atomic mass is 10.1. The molecule has 4 nitrogen and oxygen atoms in total. The molecule has 0 rings (SSSR count). The van der Waals surface area contributed by atoms with Crippen LogP contribution in [-0.2, 0) is 9.53 Å². The van der Waals surface area contributed by atoms with Gasteiger partial charge in [-0.1, -0.05) is 27.7 Å². The second-order valence-electron chi connectivity index (χ2n) is 2.82. The van der Waals surface area contributed by atoms with Crippen molar-refractivity contribution in [3.05, 3.63) is 13.2 Å². The number of ketones is 1. The molecule has 98 valence electrons. The quantitative estimate of drug-likeness (QED) is 0.745. The lowest BCUT2D eigenvalue weighted by Gasteiger charge is -1.95. The Morgan fingerprint density at radius 1 is 1.25 bits per heavy atom. The summed E-state index contributed by atoms with van der Waals surface area (Å²) in [5, 5.41) is 0. The summed E-state index contributed by atoms with van der Waals surface area (Å²) in [5.41, 5.74) is 4.43. The summed E-state index contributed by atoms with van der Waals surface area (Å²) >= 11 is 0. The number of methoxy groups -OCH3 is 1. The van der Waals surface area contributed by atoms with Crippen molar-refractivity contribution >= 4 is 11.9 Å². The smallest absolute Gasteiger partial charge is 0.404 e. The summed E-state index contributed by atoms with van der Waals surface area (Å²) < 4.78 is 3.89. The number of amides is 1. The number of primary amides is 1. The van der Waals surface area contributed by atoms with E-state index in [9.17, 15) is 9.59 Å². The van der Waals surface area contributed by atoms with Crippen LogP contribution in [0.1, 0.15) is 41.0 Å². The van der Waals surface area contributed by atoms with Gasteiger partial charge in [-0.05, 0) is 12.8 Å². The van der Waals surface area contributed by atoms with Crippen molar-refractivity contribution in [3.8, 4) is 0 Å².